The molecule has 0 amide bonds. The standard InChI is InChI=1S/C20H25FO2/c1-19-6-5-11(22)7-10(19)3-4-12-16-13-8-14(13)18(23)20(16,2)9-15(21)17(12)19/h7,12-17H,3-6,8-9H2,1-2H3/t12?,13-,14+,15+,16?,17?,19+,20+/m1/s1. The zero-order valence-electron chi connectivity index (χ0n) is 14.0. The van der Waals surface area contributed by atoms with Crippen molar-refractivity contribution >= 4 is 11.6 Å². The molecule has 3 heteroatoms. The van der Waals surface area contributed by atoms with Crippen molar-refractivity contribution in [2.75, 3.05) is 0 Å². The highest BCUT2D eigenvalue weighted by atomic mass is 19.1. The number of hydrogen-bond acceptors (Lipinski definition) is 2. The van der Waals surface area contributed by atoms with E-state index >= 15 is 4.39 Å². The van der Waals surface area contributed by atoms with E-state index in [2.05, 4.69) is 6.92 Å². The number of carbonyl (C=O) groups excluding carboxylic acids is 2. The van der Waals surface area contributed by atoms with Crippen molar-refractivity contribution < 1.29 is 14.0 Å². The summed E-state index contributed by atoms with van der Waals surface area (Å²) in [7, 11) is 0. The molecule has 8 atom stereocenters. The lowest BCUT2D eigenvalue weighted by Crippen LogP contribution is -2.56. The van der Waals surface area contributed by atoms with E-state index in [1.165, 1.54) is 5.57 Å². The van der Waals surface area contributed by atoms with Gasteiger partial charge in [-0.05, 0) is 61.3 Å². The molecule has 0 aromatic heterocycles. The lowest BCUT2D eigenvalue weighted by molar-refractivity contribution is -0.143. The third-order valence-corrected chi connectivity index (χ3v) is 8.31. The minimum absolute atomic E-state index is 0.0147. The van der Waals surface area contributed by atoms with Gasteiger partial charge < -0.3 is 0 Å². The van der Waals surface area contributed by atoms with E-state index < -0.39 is 11.6 Å². The number of fused-ring (bicyclic) bond motifs is 7. The monoisotopic (exact) mass is 316 g/mol. The fraction of sp³-hybridized carbons (Fsp3) is 0.800. The van der Waals surface area contributed by atoms with Crippen LogP contribution in [0.1, 0.15) is 52.4 Å². The quantitative estimate of drug-likeness (QED) is 0.679. The Morgan fingerprint density at radius 1 is 1.09 bits per heavy atom. The third-order valence-electron chi connectivity index (χ3n) is 8.31. The van der Waals surface area contributed by atoms with Crippen LogP contribution in [0.2, 0.25) is 0 Å². The summed E-state index contributed by atoms with van der Waals surface area (Å²) in [6.45, 7) is 4.24. The van der Waals surface area contributed by atoms with Gasteiger partial charge in [0.25, 0.3) is 0 Å². The predicted octanol–water partition coefficient (Wildman–Crippen LogP) is 3.89. The molecule has 0 saturated heterocycles. The minimum Gasteiger partial charge on any atom is -0.299 e. The van der Waals surface area contributed by atoms with Gasteiger partial charge in [0.05, 0.1) is 0 Å². The number of rotatable bonds is 0. The normalized spacial score (nSPS) is 57.1. The Balaban J connectivity index is 1.59. The average molecular weight is 316 g/mol. The van der Waals surface area contributed by atoms with Gasteiger partial charge in [0.1, 0.15) is 12.0 Å². The van der Waals surface area contributed by atoms with E-state index in [4.69, 9.17) is 0 Å². The predicted molar refractivity (Wildman–Crippen MR) is 84.4 cm³/mol. The van der Waals surface area contributed by atoms with Gasteiger partial charge in [-0.1, -0.05) is 19.4 Å². The maximum Gasteiger partial charge on any atom is 0.155 e. The molecule has 0 aliphatic heterocycles. The van der Waals surface area contributed by atoms with Crippen LogP contribution in [0.25, 0.3) is 0 Å². The average Bonchev–Trinajstić information content (AvgIpc) is 3.22. The molecule has 5 rings (SSSR count). The molecule has 0 bridgehead atoms. The van der Waals surface area contributed by atoms with E-state index in [1.54, 1.807) is 0 Å². The molecule has 4 saturated carbocycles. The lowest BCUT2D eigenvalue weighted by atomic mass is 9.46. The van der Waals surface area contributed by atoms with Crippen LogP contribution in [-0.4, -0.2) is 17.7 Å². The Kier molecular flexibility index (Phi) is 2.59. The summed E-state index contributed by atoms with van der Waals surface area (Å²) >= 11 is 0. The number of Topliss-reactive ketones (excluding diaryl/α,β-unsaturated/α-hetero) is 1. The molecule has 5 aliphatic rings. The zero-order valence-corrected chi connectivity index (χ0v) is 14.0. The second-order valence-electron chi connectivity index (χ2n) is 9.32. The van der Waals surface area contributed by atoms with E-state index in [0.717, 1.165) is 25.7 Å². The van der Waals surface area contributed by atoms with Crippen LogP contribution in [0.4, 0.5) is 4.39 Å². The fourth-order valence-electron chi connectivity index (χ4n) is 7.29. The lowest BCUT2D eigenvalue weighted by Gasteiger charge is -2.58. The topological polar surface area (TPSA) is 34.1 Å². The van der Waals surface area contributed by atoms with Gasteiger partial charge in [-0.3, -0.25) is 9.59 Å². The SMILES string of the molecule is C[C@]12CCC(=O)C=C1CCC1C2[C@@H](F)C[C@]2(C)C(=O)[C@H]3C[C@H]3C12. The molecule has 0 aromatic rings. The highest BCUT2D eigenvalue weighted by Crippen LogP contribution is 2.72. The van der Waals surface area contributed by atoms with Crippen LogP contribution < -0.4 is 0 Å². The third kappa shape index (κ3) is 1.59. The maximum atomic E-state index is 15.4. The Bertz CT molecular complexity index is 652. The first-order valence-corrected chi connectivity index (χ1v) is 9.28. The van der Waals surface area contributed by atoms with Crippen LogP contribution in [0.5, 0.6) is 0 Å². The smallest absolute Gasteiger partial charge is 0.155 e. The molecule has 0 heterocycles. The van der Waals surface area contributed by atoms with Crippen molar-refractivity contribution in [3.63, 3.8) is 0 Å². The maximum absolute atomic E-state index is 15.4. The molecule has 0 spiro atoms. The molecule has 4 fully saturated rings. The number of alkyl halides is 1. The fourth-order valence-corrected chi connectivity index (χ4v) is 7.29. The summed E-state index contributed by atoms with van der Waals surface area (Å²) in [5.41, 5.74) is 0.627. The number of carbonyl (C=O) groups is 2. The first-order valence-electron chi connectivity index (χ1n) is 9.28. The van der Waals surface area contributed by atoms with E-state index in [0.29, 0.717) is 36.4 Å². The second kappa shape index (κ2) is 4.15. The van der Waals surface area contributed by atoms with Crippen molar-refractivity contribution in [2.24, 2.45) is 40.4 Å². The number of hydrogen-bond donors (Lipinski definition) is 0. The summed E-state index contributed by atoms with van der Waals surface area (Å²) in [5, 5.41) is 0. The Labute approximate surface area is 136 Å². The van der Waals surface area contributed by atoms with E-state index in [9.17, 15) is 9.59 Å². The number of allylic oxidation sites excluding steroid dienone is 1. The van der Waals surface area contributed by atoms with Crippen LogP contribution in [0, 0.1) is 40.4 Å². The minimum atomic E-state index is -0.899. The summed E-state index contributed by atoms with van der Waals surface area (Å²) in [5.74, 6) is 2.10. The van der Waals surface area contributed by atoms with Crippen molar-refractivity contribution in [3.8, 4) is 0 Å². The number of halogens is 1. The van der Waals surface area contributed by atoms with Crippen LogP contribution in [0.3, 0.4) is 0 Å². The largest absolute Gasteiger partial charge is 0.299 e. The molecule has 0 radical (unpaired) electrons. The molecular formula is C20H25FO2. The van der Waals surface area contributed by atoms with Gasteiger partial charge in [0.15, 0.2) is 5.78 Å². The van der Waals surface area contributed by atoms with Gasteiger partial charge in [0, 0.05) is 23.7 Å². The molecule has 0 aromatic carbocycles. The molecule has 3 unspecified atom stereocenters. The summed E-state index contributed by atoms with van der Waals surface area (Å²) in [4.78, 5) is 24.5. The van der Waals surface area contributed by atoms with Crippen molar-refractivity contribution in [1.29, 1.82) is 0 Å². The van der Waals surface area contributed by atoms with Crippen molar-refractivity contribution in [1.82, 2.24) is 0 Å². The first-order chi connectivity index (χ1) is 10.9. The van der Waals surface area contributed by atoms with Gasteiger partial charge >= 0.3 is 0 Å². The molecule has 5 aliphatic carbocycles. The molecule has 23 heavy (non-hydrogen) atoms. The summed E-state index contributed by atoms with van der Waals surface area (Å²) in [6.07, 6.45) is 5.64. The van der Waals surface area contributed by atoms with E-state index in [1.807, 2.05) is 13.0 Å². The van der Waals surface area contributed by atoms with Gasteiger partial charge in [-0.25, -0.2) is 4.39 Å². The Morgan fingerprint density at radius 3 is 2.65 bits per heavy atom. The number of ketones is 2. The first kappa shape index (κ1) is 14.4. The van der Waals surface area contributed by atoms with Crippen LogP contribution in [0.15, 0.2) is 11.6 Å². The van der Waals surface area contributed by atoms with Crippen molar-refractivity contribution in [2.45, 2.75) is 58.5 Å². The summed E-state index contributed by atoms with van der Waals surface area (Å²) in [6, 6.07) is 0. The van der Waals surface area contributed by atoms with Crippen LogP contribution in [-0.2, 0) is 9.59 Å². The highest BCUT2D eigenvalue weighted by molar-refractivity contribution is 5.93. The summed E-state index contributed by atoms with van der Waals surface area (Å²) < 4.78 is 15.4. The van der Waals surface area contributed by atoms with Crippen molar-refractivity contribution in [3.05, 3.63) is 11.6 Å². The Hall–Kier alpha value is -0.990. The molecule has 2 nitrogen and oxygen atoms in total. The van der Waals surface area contributed by atoms with Gasteiger partial charge in [0.2, 0.25) is 0 Å². The second-order valence-corrected chi connectivity index (χ2v) is 9.32. The molecule has 124 valence electrons. The zero-order chi connectivity index (χ0) is 16.1. The Morgan fingerprint density at radius 2 is 1.87 bits per heavy atom. The van der Waals surface area contributed by atoms with Gasteiger partial charge in [-0.15, -0.1) is 0 Å². The van der Waals surface area contributed by atoms with Gasteiger partial charge in [-0.2, -0.15) is 0 Å². The van der Waals surface area contributed by atoms with Crippen LogP contribution >= 0.6 is 0 Å². The highest BCUT2D eigenvalue weighted by Gasteiger charge is 2.72. The molecule has 0 N–H and O–H groups in total. The van der Waals surface area contributed by atoms with E-state index in [-0.39, 0.29) is 23.0 Å². The molecular weight excluding hydrogens is 291 g/mol.